The van der Waals surface area contributed by atoms with Crippen LogP contribution in [0.15, 0.2) is 35.5 Å². The third-order valence-electron chi connectivity index (χ3n) is 5.03. The molecule has 2 aliphatic rings. The third-order valence-corrected chi connectivity index (χ3v) is 5.38. The first-order chi connectivity index (χ1) is 12.6. The minimum absolute atomic E-state index is 0.0624. The molecule has 0 unspecified atom stereocenters. The topological polar surface area (TPSA) is 67.4 Å². The summed E-state index contributed by atoms with van der Waals surface area (Å²) in [6.45, 7) is 1.72. The summed E-state index contributed by atoms with van der Waals surface area (Å²) in [5.41, 5.74) is 1.61. The van der Waals surface area contributed by atoms with Crippen LogP contribution < -0.4 is 10.6 Å². The van der Waals surface area contributed by atoms with Crippen LogP contribution in [0.1, 0.15) is 63.5 Å². The number of amides is 2. The van der Waals surface area contributed by atoms with E-state index in [0.29, 0.717) is 21.9 Å². The molecule has 6 heteroatoms. The predicted octanol–water partition coefficient (Wildman–Crippen LogP) is 4.62. The Morgan fingerprint density at radius 3 is 2.46 bits per heavy atom. The van der Waals surface area contributed by atoms with E-state index in [-0.39, 0.29) is 18.1 Å². The van der Waals surface area contributed by atoms with Crippen molar-refractivity contribution in [2.75, 3.05) is 0 Å². The van der Waals surface area contributed by atoms with Crippen molar-refractivity contribution in [1.82, 2.24) is 10.6 Å². The molecule has 1 aliphatic carbocycles. The minimum atomic E-state index is -0.612. The molecule has 1 atom stereocenters. The molecule has 1 aromatic carbocycles. The van der Waals surface area contributed by atoms with Crippen molar-refractivity contribution in [2.24, 2.45) is 0 Å². The van der Waals surface area contributed by atoms with Crippen LogP contribution in [0.2, 0.25) is 5.02 Å². The average Bonchev–Trinajstić information content (AvgIpc) is 2.56. The first-order valence-corrected chi connectivity index (χ1v) is 9.67. The maximum Gasteiger partial charge on any atom is 0.338 e. The van der Waals surface area contributed by atoms with Gasteiger partial charge in [-0.25, -0.2) is 9.59 Å². The van der Waals surface area contributed by atoms with Crippen molar-refractivity contribution in [3.05, 3.63) is 46.1 Å². The van der Waals surface area contributed by atoms with Crippen molar-refractivity contribution in [3.63, 3.8) is 0 Å². The lowest BCUT2D eigenvalue weighted by Gasteiger charge is -2.30. The van der Waals surface area contributed by atoms with Gasteiger partial charge in [0.2, 0.25) is 0 Å². The SMILES string of the molecule is CC1=C(C(=O)OC2CCCCCCC2)[C@@H](c2ccccc2Cl)NC(=O)N1. The molecule has 140 valence electrons. The zero-order valence-electron chi connectivity index (χ0n) is 15.0. The highest BCUT2D eigenvalue weighted by Crippen LogP contribution is 2.32. The molecule has 0 aromatic heterocycles. The highest BCUT2D eigenvalue weighted by molar-refractivity contribution is 6.31. The molecule has 1 saturated carbocycles. The molecule has 0 spiro atoms. The summed E-state index contributed by atoms with van der Waals surface area (Å²) < 4.78 is 5.83. The second-order valence-electron chi connectivity index (χ2n) is 6.96. The molecule has 1 aliphatic heterocycles. The molecule has 0 radical (unpaired) electrons. The number of ether oxygens (including phenoxy) is 1. The van der Waals surface area contributed by atoms with Gasteiger partial charge in [0.15, 0.2) is 0 Å². The van der Waals surface area contributed by atoms with Gasteiger partial charge in [0.05, 0.1) is 11.6 Å². The molecule has 1 heterocycles. The van der Waals surface area contributed by atoms with Gasteiger partial charge >= 0.3 is 12.0 Å². The van der Waals surface area contributed by atoms with Crippen LogP contribution in [0, 0.1) is 0 Å². The van der Waals surface area contributed by atoms with E-state index in [4.69, 9.17) is 16.3 Å². The monoisotopic (exact) mass is 376 g/mol. The summed E-state index contributed by atoms with van der Waals surface area (Å²) in [6, 6.07) is 6.25. The second kappa shape index (κ2) is 8.58. The lowest BCUT2D eigenvalue weighted by molar-refractivity contribution is -0.145. The maximum atomic E-state index is 13.0. The van der Waals surface area contributed by atoms with Gasteiger partial charge in [-0.2, -0.15) is 0 Å². The van der Waals surface area contributed by atoms with Crippen molar-refractivity contribution < 1.29 is 14.3 Å². The highest BCUT2D eigenvalue weighted by Gasteiger charge is 2.34. The summed E-state index contributed by atoms with van der Waals surface area (Å²) in [7, 11) is 0. The van der Waals surface area contributed by atoms with Crippen LogP contribution in [-0.2, 0) is 9.53 Å². The molecule has 2 amide bonds. The van der Waals surface area contributed by atoms with Crippen LogP contribution in [0.5, 0.6) is 0 Å². The van der Waals surface area contributed by atoms with Crippen LogP contribution in [0.4, 0.5) is 4.79 Å². The number of allylic oxidation sites excluding steroid dienone is 1. The van der Waals surface area contributed by atoms with Gasteiger partial charge in [-0.1, -0.05) is 49.1 Å². The number of rotatable bonds is 3. The summed E-state index contributed by atoms with van der Waals surface area (Å²) in [5.74, 6) is -0.384. The van der Waals surface area contributed by atoms with Crippen molar-refractivity contribution >= 4 is 23.6 Å². The van der Waals surface area contributed by atoms with E-state index in [2.05, 4.69) is 10.6 Å². The van der Waals surface area contributed by atoms with Crippen LogP contribution in [0.3, 0.4) is 0 Å². The van der Waals surface area contributed by atoms with Crippen LogP contribution >= 0.6 is 11.6 Å². The molecule has 2 N–H and O–H groups in total. The standard InChI is InChI=1S/C20H25ClN2O3/c1-13-17(19(24)26-14-9-5-3-2-4-6-10-14)18(23-20(25)22-13)15-11-7-8-12-16(15)21/h7-8,11-12,14,18H,2-6,9-10H2,1H3,(H2,22,23,25)/t18-/m1/s1. The van der Waals surface area contributed by atoms with E-state index in [0.717, 1.165) is 25.7 Å². The molecule has 1 fully saturated rings. The van der Waals surface area contributed by atoms with Gasteiger partial charge in [-0.05, 0) is 44.2 Å². The number of carbonyl (C=O) groups excluding carboxylic acids is 2. The lowest BCUT2D eigenvalue weighted by atomic mass is 9.95. The normalized spacial score (nSPS) is 22.1. The molecule has 26 heavy (non-hydrogen) atoms. The number of halogens is 1. The Morgan fingerprint density at radius 2 is 1.77 bits per heavy atom. The first kappa shape index (κ1) is 18.8. The zero-order chi connectivity index (χ0) is 18.5. The minimum Gasteiger partial charge on any atom is -0.459 e. The highest BCUT2D eigenvalue weighted by atomic mass is 35.5. The van der Waals surface area contributed by atoms with Crippen LogP contribution in [-0.4, -0.2) is 18.1 Å². The van der Waals surface area contributed by atoms with E-state index in [9.17, 15) is 9.59 Å². The molecule has 0 saturated heterocycles. The fourth-order valence-corrected chi connectivity index (χ4v) is 3.90. The predicted molar refractivity (Wildman–Crippen MR) is 101 cm³/mol. The average molecular weight is 377 g/mol. The first-order valence-electron chi connectivity index (χ1n) is 9.30. The summed E-state index contributed by atoms with van der Waals surface area (Å²) in [5, 5.41) is 5.98. The van der Waals surface area contributed by atoms with Gasteiger partial charge in [0.1, 0.15) is 6.10 Å². The fourth-order valence-electron chi connectivity index (χ4n) is 3.66. The second-order valence-corrected chi connectivity index (χ2v) is 7.37. The Balaban J connectivity index is 1.83. The van der Waals surface area contributed by atoms with Gasteiger partial charge in [-0.15, -0.1) is 0 Å². The Hall–Kier alpha value is -2.01. The summed E-state index contributed by atoms with van der Waals surface area (Å²) in [6.07, 6.45) is 7.54. The van der Waals surface area contributed by atoms with Gasteiger partial charge in [0, 0.05) is 10.7 Å². The Labute approximate surface area is 159 Å². The van der Waals surface area contributed by atoms with Crippen molar-refractivity contribution in [1.29, 1.82) is 0 Å². The number of benzene rings is 1. The van der Waals surface area contributed by atoms with Crippen molar-refractivity contribution in [2.45, 2.75) is 64.0 Å². The Bertz CT molecular complexity index is 709. The zero-order valence-corrected chi connectivity index (χ0v) is 15.8. The fraction of sp³-hybridized carbons (Fsp3) is 0.500. The van der Waals surface area contributed by atoms with E-state index in [1.165, 1.54) is 19.3 Å². The van der Waals surface area contributed by atoms with Gasteiger partial charge in [0.25, 0.3) is 0 Å². The smallest absolute Gasteiger partial charge is 0.338 e. The third kappa shape index (κ3) is 4.39. The number of nitrogens with one attached hydrogen (secondary N) is 2. The van der Waals surface area contributed by atoms with Gasteiger partial charge < -0.3 is 15.4 Å². The molecule has 5 nitrogen and oxygen atoms in total. The van der Waals surface area contributed by atoms with Crippen LogP contribution in [0.25, 0.3) is 0 Å². The van der Waals surface area contributed by atoms with Crippen molar-refractivity contribution in [3.8, 4) is 0 Å². The lowest BCUT2D eigenvalue weighted by Crippen LogP contribution is -2.45. The molecular formula is C20H25ClN2O3. The summed E-state index contributed by atoms with van der Waals surface area (Å²) in [4.78, 5) is 24.9. The number of hydrogen-bond donors (Lipinski definition) is 2. The van der Waals surface area contributed by atoms with Gasteiger partial charge in [-0.3, -0.25) is 0 Å². The largest absolute Gasteiger partial charge is 0.459 e. The quantitative estimate of drug-likeness (QED) is 0.756. The molecule has 0 bridgehead atoms. The Morgan fingerprint density at radius 1 is 1.12 bits per heavy atom. The molecule has 3 rings (SSSR count). The number of esters is 1. The van der Waals surface area contributed by atoms with E-state index >= 15 is 0 Å². The molecular weight excluding hydrogens is 352 g/mol. The number of hydrogen-bond acceptors (Lipinski definition) is 3. The number of urea groups is 1. The van der Waals surface area contributed by atoms with E-state index in [1.807, 2.05) is 18.2 Å². The molecule has 1 aromatic rings. The maximum absolute atomic E-state index is 13.0. The Kier molecular flexibility index (Phi) is 6.20. The summed E-state index contributed by atoms with van der Waals surface area (Å²) >= 11 is 6.31. The van der Waals surface area contributed by atoms with E-state index < -0.39 is 6.04 Å². The number of carbonyl (C=O) groups is 2. The van der Waals surface area contributed by atoms with E-state index in [1.54, 1.807) is 13.0 Å².